The number of aryl methyl sites for hydroxylation is 2. The van der Waals surface area contributed by atoms with Crippen molar-refractivity contribution in [2.75, 3.05) is 10.7 Å². The molecule has 0 atom stereocenters. The Morgan fingerprint density at radius 2 is 2.30 bits per heavy atom. The third kappa shape index (κ3) is 4.11. The molecule has 0 bridgehead atoms. The Bertz CT molecular complexity index is 664. The first-order chi connectivity index (χ1) is 11.2. The lowest BCUT2D eigenvalue weighted by molar-refractivity contribution is -0.118. The molecule has 0 spiro atoms. The van der Waals surface area contributed by atoms with Crippen LogP contribution >= 0.6 is 23.1 Å². The number of thioether (sulfide) groups is 1. The number of anilines is 1. The molecular weight excluding hydrogens is 330 g/mol. The third-order valence-corrected chi connectivity index (χ3v) is 5.95. The van der Waals surface area contributed by atoms with Crippen LogP contribution in [0.5, 0.6) is 0 Å². The van der Waals surface area contributed by atoms with Crippen LogP contribution < -0.4 is 4.90 Å². The van der Waals surface area contributed by atoms with E-state index in [-0.39, 0.29) is 5.91 Å². The normalized spacial score (nSPS) is 14.2. The Labute approximate surface area is 144 Å². The summed E-state index contributed by atoms with van der Waals surface area (Å²) in [6.45, 7) is 1.90. The molecule has 1 aliphatic rings. The summed E-state index contributed by atoms with van der Waals surface area (Å²) < 4.78 is 3.00. The number of amides is 1. The molecule has 124 valence electrons. The number of aromatic nitrogens is 4. The number of nitrogens with zero attached hydrogens (tertiary/aromatic N) is 5. The Morgan fingerprint density at radius 3 is 2.96 bits per heavy atom. The van der Waals surface area contributed by atoms with Crippen LogP contribution in [-0.4, -0.2) is 37.5 Å². The first-order valence-electron chi connectivity index (χ1n) is 7.92. The van der Waals surface area contributed by atoms with Crippen molar-refractivity contribution in [3.05, 3.63) is 18.2 Å². The number of hydrogen-bond acceptors (Lipinski definition) is 6. The molecule has 0 aromatic carbocycles. The van der Waals surface area contributed by atoms with E-state index >= 15 is 0 Å². The van der Waals surface area contributed by atoms with Gasteiger partial charge in [-0.2, -0.15) is 0 Å². The van der Waals surface area contributed by atoms with Gasteiger partial charge < -0.3 is 4.57 Å². The van der Waals surface area contributed by atoms with Gasteiger partial charge >= 0.3 is 0 Å². The first-order valence-corrected chi connectivity index (χ1v) is 9.72. The van der Waals surface area contributed by atoms with Crippen molar-refractivity contribution in [1.29, 1.82) is 0 Å². The lowest BCUT2D eigenvalue weighted by Gasteiger charge is -2.17. The fraction of sp³-hybridized carbons (Fsp3) is 0.600. The molecule has 0 saturated heterocycles. The standard InChI is InChI=1S/C15H21N5OS2/c1-3-13(21)20(11-6-7-11)14-17-18-15(23-14)22-8-4-5-12-9-16-10-19(12)2/h9-11H,3-8H2,1-2H3. The quantitative estimate of drug-likeness (QED) is 0.416. The van der Waals surface area contributed by atoms with Gasteiger partial charge in [0.1, 0.15) is 0 Å². The van der Waals surface area contributed by atoms with Gasteiger partial charge in [-0.3, -0.25) is 9.69 Å². The van der Waals surface area contributed by atoms with Crippen molar-refractivity contribution in [3.63, 3.8) is 0 Å². The van der Waals surface area contributed by atoms with Crippen LogP contribution in [-0.2, 0) is 18.3 Å². The second-order valence-electron chi connectivity index (χ2n) is 5.65. The average molecular weight is 352 g/mol. The van der Waals surface area contributed by atoms with Crippen molar-refractivity contribution in [2.45, 2.75) is 49.4 Å². The van der Waals surface area contributed by atoms with Gasteiger partial charge in [0.05, 0.1) is 6.33 Å². The van der Waals surface area contributed by atoms with Crippen molar-refractivity contribution < 1.29 is 4.79 Å². The highest BCUT2D eigenvalue weighted by atomic mass is 32.2. The summed E-state index contributed by atoms with van der Waals surface area (Å²) >= 11 is 3.25. The summed E-state index contributed by atoms with van der Waals surface area (Å²) in [6.07, 6.45) is 8.51. The molecule has 8 heteroatoms. The van der Waals surface area contributed by atoms with E-state index in [1.54, 1.807) is 11.8 Å². The van der Waals surface area contributed by atoms with Crippen LogP contribution in [0.2, 0.25) is 0 Å². The molecule has 0 aliphatic heterocycles. The van der Waals surface area contributed by atoms with Crippen molar-refractivity contribution in [3.8, 4) is 0 Å². The van der Waals surface area contributed by atoms with Gasteiger partial charge in [0.15, 0.2) is 4.34 Å². The van der Waals surface area contributed by atoms with E-state index in [0.717, 1.165) is 40.9 Å². The van der Waals surface area contributed by atoms with Crippen LogP contribution in [0.4, 0.5) is 5.13 Å². The predicted molar refractivity (Wildman–Crippen MR) is 93.0 cm³/mol. The van der Waals surface area contributed by atoms with Crippen molar-refractivity contribution in [2.24, 2.45) is 7.05 Å². The molecular formula is C15H21N5OS2. The number of carbonyl (C=O) groups is 1. The van der Waals surface area contributed by atoms with Gasteiger partial charge in [-0.1, -0.05) is 30.0 Å². The largest absolute Gasteiger partial charge is 0.338 e. The minimum absolute atomic E-state index is 0.149. The number of carbonyl (C=O) groups excluding carboxylic acids is 1. The Hall–Kier alpha value is -1.41. The van der Waals surface area contributed by atoms with E-state index in [1.807, 2.05) is 31.4 Å². The fourth-order valence-electron chi connectivity index (χ4n) is 2.37. The smallest absolute Gasteiger partial charge is 0.228 e. The van der Waals surface area contributed by atoms with Gasteiger partial charge in [0, 0.05) is 37.2 Å². The molecule has 2 aromatic heterocycles. The monoisotopic (exact) mass is 351 g/mol. The van der Waals surface area contributed by atoms with Crippen LogP contribution in [0.3, 0.4) is 0 Å². The summed E-state index contributed by atoms with van der Waals surface area (Å²) in [7, 11) is 2.02. The highest BCUT2D eigenvalue weighted by Gasteiger charge is 2.35. The summed E-state index contributed by atoms with van der Waals surface area (Å²) in [4.78, 5) is 18.0. The summed E-state index contributed by atoms with van der Waals surface area (Å²) in [5, 5.41) is 9.22. The maximum absolute atomic E-state index is 12.1. The van der Waals surface area contributed by atoms with Gasteiger partial charge in [-0.05, 0) is 25.7 Å². The van der Waals surface area contributed by atoms with E-state index in [2.05, 4.69) is 19.7 Å². The van der Waals surface area contributed by atoms with Crippen LogP contribution in [0.1, 0.15) is 38.3 Å². The second-order valence-corrected chi connectivity index (χ2v) is 7.94. The Balaban J connectivity index is 1.51. The minimum atomic E-state index is 0.149. The molecule has 6 nitrogen and oxygen atoms in total. The first kappa shape index (κ1) is 16.4. The number of hydrogen-bond donors (Lipinski definition) is 0. The molecule has 2 aromatic rings. The lowest BCUT2D eigenvalue weighted by atomic mass is 10.3. The van der Waals surface area contributed by atoms with Gasteiger partial charge in [0.25, 0.3) is 0 Å². The van der Waals surface area contributed by atoms with Gasteiger partial charge in [-0.15, -0.1) is 10.2 Å². The molecule has 0 radical (unpaired) electrons. The molecule has 1 fully saturated rings. The molecule has 1 amide bonds. The molecule has 3 rings (SSSR count). The van der Waals surface area contributed by atoms with Gasteiger partial charge in [0.2, 0.25) is 11.0 Å². The second kappa shape index (κ2) is 7.44. The maximum atomic E-state index is 12.1. The minimum Gasteiger partial charge on any atom is -0.338 e. The zero-order chi connectivity index (χ0) is 16.2. The highest BCUT2D eigenvalue weighted by Crippen LogP contribution is 2.36. The predicted octanol–water partition coefficient (Wildman–Crippen LogP) is 2.90. The SMILES string of the molecule is CCC(=O)N(c1nnc(SCCCc2cncn2C)s1)C1CC1. The lowest BCUT2D eigenvalue weighted by Crippen LogP contribution is -2.32. The summed E-state index contributed by atoms with van der Waals surface area (Å²) in [5.74, 6) is 1.14. The molecule has 0 N–H and O–H groups in total. The molecule has 23 heavy (non-hydrogen) atoms. The maximum Gasteiger partial charge on any atom is 0.228 e. The fourth-order valence-corrected chi connectivity index (χ4v) is 4.31. The molecule has 1 aliphatic carbocycles. The van der Waals surface area contributed by atoms with Crippen LogP contribution in [0, 0.1) is 0 Å². The summed E-state index contributed by atoms with van der Waals surface area (Å²) in [6, 6.07) is 0.345. The van der Waals surface area contributed by atoms with E-state index in [1.165, 1.54) is 17.0 Å². The van der Waals surface area contributed by atoms with E-state index in [9.17, 15) is 4.79 Å². The average Bonchev–Trinajstić information content (AvgIpc) is 3.13. The molecule has 1 saturated carbocycles. The van der Waals surface area contributed by atoms with Gasteiger partial charge in [-0.25, -0.2) is 4.98 Å². The number of rotatable bonds is 8. The van der Waals surface area contributed by atoms with Crippen molar-refractivity contribution >= 4 is 34.1 Å². The van der Waals surface area contributed by atoms with E-state index in [0.29, 0.717) is 12.5 Å². The van der Waals surface area contributed by atoms with E-state index in [4.69, 9.17) is 0 Å². The topological polar surface area (TPSA) is 63.9 Å². The number of imidazole rings is 1. The Kier molecular flexibility index (Phi) is 5.32. The van der Waals surface area contributed by atoms with E-state index < -0.39 is 0 Å². The Morgan fingerprint density at radius 1 is 1.48 bits per heavy atom. The van der Waals surface area contributed by atoms with Crippen molar-refractivity contribution in [1.82, 2.24) is 19.7 Å². The molecule has 2 heterocycles. The zero-order valence-corrected chi connectivity index (χ0v) is 15.1. The van der Waals surface area contributed by atoms with Crippen LogP contribution in [0.25, 0.3) is 0 Å². The summed E-state index contributed by atoms with van der Waals surface area (Å²) in [5.41, 5.74) is 1.25. The third-order valence-electron chi connectivity index (χ3n) is 3.80. The zero-order valence-electron chi connectivity index (χ0n) is 13.4. The van der Waals surface area contributed by atoms with Crippen LogP contribution in [0.15, 0.2) is 16.9 Å². The molecule has 0 unspecified atom stereocenters. The highest BCUT2D eigenvalue weighted by molar-refractivity contribution is 8.01.